The maximum atomic E-state index is 12.3. The lowest BCUT2D eigenvalue weighted by Crippen LogP contribution is -2.41. The van der Waals surface area contributed by atoms with Crippen LogP contribution in [-0.2, 0) is 22.4 Å². The van der Waals surface area contributed by atoms with E-state index in [0.717, 1.165) is 22.9 Å². The number of carbonyl (C=O) groups is 2. The number of carboxylic acid groups (broad SMARTS) is 1. The molecule has 1 N–H and O–H groups in total. The molecule has 1 atom stereocenters. The van der Waals surface area contributed by atoms with Crippen LogP contribution in [-0.4, -0.2) is 34.5 Å². The van der Waals surface area contributed by atoms with E-state index in [-0.39, 0.29) is 12.3 Å². The Morgan fingerprint density at radius 1 is 1.45 bits per heavy atom. The Labute approximate surface area is 126 Å². The van der Waals surface area contributed by atoms with Crippen LogP contribution in [0.5, 0.6) is 0 Å². The van der Waals surface area contributed by atoms with Crippen LogP contribution in [0.4, 0.5) is 0 Å². The van der Waals surface area contributed by atoms with Gasteiger partial charge in [-0.25, -0.2) is 4.79 Å². The SMILES string of the molecule is CCc1ccc(Br)c(CC(=O)N2CCC[C@@H]2C(=O)O)c1. The van der Waals surface area contributed by atoms with E-state index >= 15 is 0 Å². The smallest absolute Gasteiger partial charge is 0.326 e. The molecule has 0 saturated carbocycles. The van der Waals surface area contributed by atoms with Crippen molar-refractivity contribution in [1.29, 1.82) is 0 Å². The first-order valence-corrected chi connectivity index (χ1v) is 7.61. The maximum Gasteiger partial charge on any atom is 0.326 e. The maximum absolute atomic E-state index is 12.3. The average molecular weight is 340 g/mol. The predicted octanol–water partition coefficient (Wildman–Crippen LogP) is 2.63. The zero-order chi connectivity index (χ0) is 14.7. The van der Waals surface area contributed by atoms with Crippen LogP contribution in [0.1, 0.15) is 30.9 Å². The summed E-state index contributed by atoms with van der Waals surface area (Å²) >= 11 is 3.45. The molecule has 1 saturated heterocycles. The van der Waals surface area contributed by atoms with Gasteiger partial charge in [0.15, 0.2) is 0 Å². The van der Waals surface area contributed by atoms with E-state index in [0.29, 0.717) is 13.0 Å². The van der Waals surface area contributed by atoms with Crippen LogP contribution >= 0.6 is 15.9 Å². The molecule has 1 aromatic rings. The summed E-state index contributed by atoms with van der Waals surface area (Å²) in [5.41, 5.74) is 2.09. The lowest BCUT2D eigenvalue weighted by Gasteiger charge is -2.21. The first-order valence-electron chi connectivity index (χ1n) is 6.82. The number of hydrogen-bond donors (Lipinski definition) is 1. The molecule has 1 aromatic carbocycles. The highest BCUT2D eigenvalue weighted by Gasteiger charge is 2.33. The van der Waals surface area contributed by atoms with Crippen molar-refractivity contribution in [2.24, 2.45) is 0 Å². The molecule has 1 fully saturated rings. The van der Waals surface area contributed by atoms with Crippen LogP contribution in [0, 0.1) is 0 Å². The quantitative estimate of drug-likeness (QED) is 0.917. The van der Waals surface area contributed by atoms with Gasteiger partial charge in [-0.2, -0.15) is 0 Å². The van der Waals surface area contributed by atoms with Crippen molar-refractivity contribution in [2.75, 3.05) is 6.54 Å². The third-order valence-corrected chi connectivity index (χ3v) is 4.49. The number of carboxylic acids is 1. The number of benzene rings is 1. The molecule has 5 heteroatoms. The zero-order valence-corrected chi connectivity index (χ0v) is 13.0. The van der Waals surface area contributed by atoms with Gasteiger partial charge >= 0.3 is 5.97 Å². The summed E-state index contributed by atoms with van der Waals surface area (Å²) in [6.45, 7) is 2.61. The third kappa shape index (κ3) is 3.20. The van der Waals surface area contributed by atoms with E-state index in [1.807, 2.05) is 18.2 Å². The van der Waals surface area contributed by atoms with Crippen LogP contribution in [0.25, 0.3) is 0 Å². The lowest BCUT2D eigenvalue weighted by molar-refractivity contribution is -0.148. The van der Waals surface area contributed by atoms with Gasteiger partial charge < -0.3 is 10.0 Å². The Morgan fingerprint density at radius 3 is 2.85 bits per heavy atom. The Kier molecular flexibility index (Phi) is 4.81. The normalized spacial score (nSPS) is 18.3. The minimum absolute atomic E-state index is 0.108. The number of rotatable bonds is 4. The van der Waals surface area contributed by atoms with E-state index < -0.39 is 12.0 Å². The van der Waals surface area contributed by atoms with Gasteiger partial charge in [-0.15, -0.1) is 0 Å². The van der Waals surface area contributed by atoms with Crippen molar-refractivity contribution in [3.05, 3.63) is 33.8 Å². The first kappa shape index (κ1) is 15.0. The van der Waals surface area contributed by atoms with Gasteiger partial charge in [-0.3, -0.25) is 4.79 Å². The van der Waals surface area contributed by atoms with Gasteiger partial charge in [0.1, 0.15) is 6.04 Å². The summed E-state index contributed by atoms with van der Waals surface area (Å²) in [6.07, 6.45) is 2.48. The second-order valence-corrected chi connectivity index (χ2v) is 5.89. The molecule has 0 unspecified atom stereocenters. The molecule has 0 bridgehead atoms. The van der Waals surface area contributed by atoms with Crippen molar-refractivity contribution in [3.8, 4) is 0 Å². The number of aryl methyl sites for hydroxylation is 1. The van der Waals surface area contributed by atoms with E-state index in [9.17, 15) is 9.59 Å². The highest BCUT2D eigenvalue weighted by molar-refractivity contribution is 9.10. The van der Waals surface area contributed by atoms with Crippen molar-refractivity contribution < 1.29 is 14.7 Å². The number of likely N-dealkylation sites (tertiary alicyclic amines) is 1. The van der Waals surface area contributed by atoms with Crippen molar-refractivity contribution in [3.63, 3.8) is 0 Å². The summed E-state index contributed by atoms with van der Waals surface area (Å²) < 4.78 is 0.897. The molecule has 4 nitrogen and oxygen atoms in total. The molecule has 0 spiro atoms. The predicted molar refractivity (Wildman–Crippen MR) is 79.6 cm³/mol. The standard InChI is InChI=1S/C15H18BrNO3/c1-2-10-5-6-12(16)11(8-10)9-14(18)17-7-3-4-13(17)15(19)20/h5-6,8,13H,2-4,7,9H2,1H3,(H,19,20)/t13-/m1/s1. The topological polar surface area (TPSA) is 57.6 Å². The van der Waals surface area contributed by atoms with Gasteiger partial charge in [0.05, 0.1) is 6.42 Å². The summed E-state index contributed by atoms with van der Waals surface area (Å²) in [6, 6.07) is 5.32. The van der Waals surface area contributed by atoms with Gasteiger partial charge in [0.25, 0.3) is 0 Å². The number of nitrogens with zero attached hydrogens (tertiary/aromatic N) is 1. The van der Waals surface area contributed by atoms with Crippen LogP contribution in [0.2, 0.25) is 0 Å². The second-order valence-electron chi connectivity index (χ2n) is 5.04. The molecule has 20 heavy (non-hydrogen) atoms. The molecule has 1 aliphatic heterocycles. The molecular formula is C15H18BrNO3. The van der Waals surface area contributed by atoms with E-state index in [1.165, 1.54) is 10.5 Å². The molecule has 108 valence electrons. The minimum atomic E-state index is -0.905. The highest BCUT2D eigenvalue weighted by atomic mass is 79.9. The number of hydrogen-bond acceptors (Lipinski definition) is 2. The Morgan fingerprint density at radius 2 is 2.20 bits per heavy atom. The van der Waals surface area contributed by atoms with Crippen molar-refractivity contribution in [1.82, 2.24) is 4.90 Å². The molecule has 1 aliphatic rings. The number of aliphatic carboxylic acids is 1. The molecule has 1 amide bonds. The lowest BCUT2D eigenvalue weighted by atomic mass is 10.1. The van der Waals surface area contributed by atoms with Crippen molar-refractivity contribution in [2.45, 2.75) is 38.6 Å². The Balaban J connectivity index is 2.13. The van der Waals surface area contributed by atoms with E-state index in [4.69, 9.17) is 5.11 Å². The fourth-order valence-corrected chi connectivity index (χ4v) is 2.96. The Hall–Kier alpha value is -1.36. The Bertz CT molecular complexity index is 530. The molecular weight excluding hydrogens is 322 g/mol. The third-order valence-electron chi connectivity index (χ3n) is 3.72. The average Bonchev–Trinajstić information content (AvgIpc) is 2.90. The first-order chi connectivity index (χ1) is 9.52. The largest absolute Gasteiger partial charge is 0.480 e. The summed E-state index contributed by atoms with van der Waals surface area (Å²) in [5, 5.41) is 9.13. The summed E-state index contributed by atoms with van der Waals surface area (Å²) in [5.74, 6) is -1.01. The summed E-state index contributed by atoms with van der Waals surface area (Å²) in [7, 11) is 0. The highest BCUT2D eigenvalue weighted by Crippen LogP contribution is 2.23. The van der Waals surface area contributed by atoms with Gasteiger partial charge in [0.2, 0.25) is 5.91 Å². The minimum Gasteiger partial charge on any atom is -0.480 e. The monoisotopic (exact) mass is 339 g/mol. The van der Waals surface area contributed by atoms with Crippen LogP contribution in [0.15, 0.2) is 22.7 Å². The fraction of sp³-hybridized carbons (Fsp3) is 0.467. The second kappa shape index (κ2) is 6.39. The van der Waals surface area contributed by atoms with Crippen LogP contribution < -0.4 is 0 Å². The fourth-order valence-electron chi connectivity index (χ4n) is 2.57. The number of amides is 1. The molecule has 0 aliphatic carbocycles. The van der Waals surface area contributed by atoms with Crippen molar-refractivity contribution >= 4 is 27.8 Å². The van der Waals surface area contributed by atoms with Gasteiger partial charge in [0, 0.05) is 11.0 Å². The van der Waals surface area contributed by atoms with E-state index in [2.05, 4.69) is 22.9 Å². The zero-order valence-electron chi connectivity index (χ0n) is 11.4. The molecule has 2 rings (SSSR count). The molecule has 1 heterocycles. The van der Waals surface area contributed by atoms with Crippen LogP contribution in [0.3, 0.4) is 0 Å². The molecule has 0 radical (unpaired) electrons. The van der Waals surface area contributed by atoms with Gasteiger partial charge in [-0.1, -0.05) is 35.0 Å². The van der Waals surface area contributed by atoms with E-state index in [1.54, 1.807) is 0 Å². The van der Waals surface area contributed by atoms with Gasteiger partial charge in [-0.05, 0) is 36.5 Å². The number of carbonyl (C=O) groups excluding carboxylic acids is 1. The number of halogens is 1. The molecule has 0 aromatic heterocycles. The summed E-state index contributed by atoms with van der Waals surface area (Å²) in [4.78, 5) is 24.9.